The van der Waals surface area contributed by atoms with Gasteiger partial charge in [-0.05, 0) is 31.6 Å². The Morgan fingerprint density at radius 3 is 2.64 bits per heavy atom. The molecule has 2 aliphatic rings. The topological polar surface area (TPSA) is 15.3 Å². The first-order chi connectivity index (χ1) is 6.66. The van der Waals surface area contributed by atoms with Crippen molar-refractivity contribution in [3.63, 3.8) is 0 Å². The Morgan fingerprint density at radius 1 is 1.36 bits per heavy atom. The van der Waals surface area contributed by atoms with E-state index >= 15 is 0 Å². The zero-order valence-corrected chi connectivity index (χ0v) is 9.79. The second-order valence-corrected chi connectivity index (χ2v) is 5.55. The normalized spacial score (nSPS) is 35.1. The monoisotopic (exact) mass is 196 g/mol. The molecular weight excluding hydrogens is 172 g/mol. The predicted molar refractivity (Wildman–Crippen MR) is 60.4 cm³/mol. The van der Waals surface area contributed by atoms with E-state index in [1.165, 1.54) is 32.5 Å². The summed E-state index contributed by atoms with van der Waals surface area (Å²) in [5.41, 5.74) is 0. The van der Waals surface area contributed by atoms with E-state index in [0.29, 0.717) is 0 Å². The summed E-state index contributed by atoms with van der Waals surface area (Å²) in [4.78, 5) is 2.67. The van der Waals surface area contributed by atoms with Crippen molar-refractivity contribution in [2.45, 2.75) is 45.7 Å². The van der Waals surface area contributed by atoms with Crippen molar-refractivity contribution in [1.29, 1.82) is 0 Å². The minimum atomic E-state index is 0.729. The molecule has 0 aromatic carbocycles. The molecule has 0 bridgehead atoms. The maximum absolute atomic E-state index is 3.69. The van der Waals surface area contributed by atoms with Crippen LogP contribution in [0.5, 0.6) is 0 Å². The maximum atomic E-state index is 3.69. The average Bonchev–Trinajstić information content (AvgIpc) is 2.91. The summed E-state index contributed by atoms with van der Waals surface area (Å²) in [6.45, 7) is 10.7. The van der Waals surface area contributed by atoms with Crippen molar-refractivity contribution < 1.29 is 0 Å². The van der Waals surface area contributed by atoms with Crippen LogP contribution in [0, 0.1) is 11.8 Å². The largest absolute Gasteiger partial charge is 0.311 e. The highest BCUT2D eigenvalue weighted by atomic mass is 15.2. The highest BCUT2D eigenvalue weighted by Gasteiger charge is 2.35. The number of nitrogens with one attached hydrogen (secondary N) is 1. The van der Waals surface area contributed by atoms with Crippen LogP contribution < -0.4 is 5.32 Å². The van der Waals surface area contributed by atoms with E-state index in [0.717, 1.165) is 23.9 Å². The fraction of sp³-hybridized carbons (Fsp3) is 1.00. The maximum Gasteiger partial charge on any atom is 0.0224 e. The van der Waals surface area contributed by atoms with Crippen LogP contribution in [-0.2, 0) is 0 Å². The van der Waals surface area contributed by atoms with Gasteiger partial charge in [0.15, 0.2) is 0 Å². The summed E-state index contributed by atoms with van der Waals surface area (Å²) in [5, 5.41) is 3.69. The molecule has 2 atom stereocenters. The van der Waals surface area contributed by atoms with E-state index in [1.807, 2.05) is 0 Å². The second-order valence-electron chi connectivity index (χ2n) is 5.55. The summed E-state index contributed by atoms with van der Waals surface area (Å²) in [6, 6.07) is 1.53. The van der Waals surface area contributed by atoms with Crippen LogP contribution in [0.2, 0.25) is 0 Å². The van der Waals surface area contributed by atoms with E-state index < -0.39 is 0 Å². The fourth-order valence-corrected chi connectivity index (χ4v) is 2.49. The van der Waals surface area contributed by atoms with Crippen LogP contribution in [0.3, 0.4) is 0 Å². The Bertz CT molecular complexity index is 187. The Morgan fingerprint density at radius 2 is 2.07 bits per heavy atom. The van der Waals surface area contributed by atoms with Crippen LogP contribution in [-0.4, -0.2) is 36.6 Å². The third kappa shape index (κ3) is 2.48. The van der Waals surface area contributed by atoms with Crippen LogP contribution in [0.4, 0.5) is 0 Å². The van der Waals surface area contributed by atoms with Crippen LogP contribution >= 0.6 is 0 Å². The first kappa shape index (κ1) is 10.4. The van der Waals surface area contributed by atoms with Gasteiger partial charge >= 0.3 is 0 Å². The minimum Gasteiger partial charge on any atom is -0.311 e. The predicted octanol–water partition coefficient (Wildman–Crippen LogP) is 1.71. The van der Waals surface area contributed by atoms with E-state index in [2.05, 4.69) is 31.0 Å². The van der Waals surface area contributed by atoms with Gasteiger partial charge in [-0.15, -0.1) is 0 Å². The Labute approximate surface area is 88.1 Å². The summed E-state index contributed by atoms with van der Waals surface area (Å²) < 4.78 is 0. The van der Waals surface area contributed by atoms with Gasteiger partial charge in [0.25, 0.3) is 0 Å². The molecule has 2 heteroatoms. The van der Waals surface area contributed by atoms with E-state index in [-0.39, 0.29) is 0 Å². The minimum absolute atomic E-state index is 0.729. The van der Waals surface area contributed by atoms with Crippen LogP contribution in [0.1, 0.15) is 33.6 Å². The highest BCUT2D eigenvalue weighted by Crippen LogP contribution is 2.34. The lowest BCUT2D eigenvalue weighted by Gasteiger charge is -2.39. The highest BCUT2D eigenvalue weighted by molar-refractivity contribution is 4.93. The molecule has 1 N–H and O–H groups in total. The van der Waals surface area contributed by atoms with Gasteiger partial charge in [-0.3, -0.25) is 4.90 Å². The zero-order valence-electron chi connectivity index (χ0n) is 9.79. The first-order valence-corrected chi connectivity index (χ1v) is 6.14. The molecule has 2 nitrogen and oxygen atoms in total. The molecule has 14 heavy (non-hydrogen) atoms. The lowest BCUT2D eigenvalue weighted by molar-refractivity contribution is 0.119. The fourth-order valence-electron chi connectivity index (χ4n) is 2.49. The van der Waals surface area contributed by atoms with E-state index in [4.69, 9.17) is 0 Å². The Hall–Kier alpha value is -0.0800. The molecule has 2 rings (SSSR count). The second kappa shape index (κ2) is 4.19. The molecular formula is C12H24N2. The van der Waals surface area contributed by atoms with Crippen molar-refractivity contribution in [2.75, 3.05) is 19.6 Å². The van der Waals surface area contributed by atoms with Gasteiger partial charge in [-0.1, -0.05) is 13.8 Å². The molecule has 0 spiro atoms. The average molecular weight is 196 g/mol. The van der Waals surface area contributed by atoms with Gasteiger partial charge < -0.3 is 5.32 Å². The van der Waals surface area contributed by atoms with Crippen molar-refractivity contribution in [3.05, 3.63) is 0 Å². The van der Waals surface area contributed by atoms with Crippen molar-refractivity contribution in [1.82, 2.24) is 10.2 Å². The number of rotatable bonds is 3. The van der Waals surface area contributed by atoms with Crippen molar-refractivity contribution in [2.24, 2.45) is 11.8 Å². The van der Waals surface area contributed by atoms with Gasteiger partial charge in [-0.2, -0.15) is 0 Å². The molecule has 1 heterocycles. The third-order valence-corrected chi connectivity index (χ3v) is 3.52. The van der Waals surface area contributed by atoms with Gasteiger partial charge in [0.2, 0.25) is 0 Å². The van der Waals surface area contributed by atoms with Crippen LogP contribution in [0.25, 0.3) is 0 Å². The van der Waals surface area contributed by atoms with Crippen molar-refractivity contribution in [3.8, 4) is 0 Å². The lowest BCUT2D eigenvalue weighted by Crippen LogP contribution is -2.56. The van der Waals surface area contributed by atoms with E-state index in [1.54, 1.807) is 0 Å². The van der Waals surface area contributed by atoms with Gasteiger partial charge in [-0.25, -0.2) is 0 Å². The molecule has 0 radical (unpaired) electrons. The standard InChI is InChI=1S/C12H24N2/c1-9(2)7-14-8-12(11-4-5-11)13-6-10(14)3/h9-13H,4-8H2,1-3H3. The number of nitrogens with zero attached hydrogens (tertiary/aromatic N) is 1. The third-order valence-electron chi connectivity index (χ3n) is 3.52. The van der Waals surface area contributed by atoms with Gasteiger partial charge in [0.05, 0.1) is 0 Å². The summed E-state index contributed by atoms with van der Waals surface area (Å²) >= 11 is 0. The SMILES string of the molecule is CC(C)CN1CC(C2CC2)NCC1C. The van der Waals surface area contributed by atoms with Gasteiger partial charge in [0, 0.05) is 31.7 Å². The summed E-state index contributed by atoms with van der Waals surface area (Å²) in [7, 11) is 0. The summed E-state index contributed by atoms with van der Waals surface area (Å²) in [5.74, 6) is 1.80. The molecule has 1 aliphatic heterocycles. The van der Waals surface area contributed by atoms with Crippen molar-refractivity contribution >= 4 is 0 Å². The van der Waals surface area contributed by atoms with Crippen LogP contribution in [0.15, 0.2) is 0 Å². The quantitative estimate of drug-likeness (QED) is 0.739. The molecule has 0 amide bonds. The molecule has 2 fully saturated rings. The zero-order chi connectivity index (χ0) is 10.1. The first-order valence-electron chi connectivity index (χ1n) is 6.14. The molecule has 1 aliphatic carbocycles. The molecule has 2 unspecified atom stereocenters. The molecule has 0 aromatic heterocycles. The van der Waals surface area contributed by atoms with Gasteiger partial charge in [0.1, 0.15) is 0 Å². The Balaban J connectivity index is 1.85. The number of piperazine rings is 1. The molecule has 1 saturated carbocycles. The Kier molecular flexibility index (Phi) is 3.13. The molecule has 82 valence electrons. The smallest absolute Gasteiger partial charge is 0.0224 e. The summed E-state index contributed by atoms with van der Waals surface area (Å²) in [6.07, 6.45) is 2.92. The molecule has 0 aromatic rings. The molecule has 1 saturated heterocycles. The number of hydrogen-bond donors (Lipinski definition) is 1. The lowest BCUT2D eigenvalue weighted by atomic mass is 10.0. The number of hydrogen-bond acceptors (Lipinski definition) is 2. The van der Waals surface area contributed by atoms with E-state index in [9.17, 15) is 0 Å².